The van der Waals surface area contributed by atoms with Crippen molar-refractivity contribution in [3.8, 4) is 0 Å². The molecule has 0 aliphatic heterocycles. The maximum Gasteiger partial charge on any atom is 0.220 e. The van der Waals surface area contributed by atoms with Gasteiger partial charge < -0.3 is 0 Å². The lowest BCUT2D eigenvalue weighted by molar-refractivity contribution is 0.282. The average molecular weight is 128 g/mol. The number of rotatable bonds is 4. The van der Waals surface area contributed by atoms with Gasteiger partial charge in [-0.25, -0.2) is 0 Å². The molecular formula is C6H17BN2. The Morgan fingerprint density at radius 2 is 2.11 bits per heavy atom. The Bertz CT molecular complexity index is 66.1. The summed E-state index contributed by atoms with van der Waals surface area (Å²) in [6, 6.07) is 0.606. The molecule has 0 unspecified atom stereocenters. The molecule has 0 heterocycles. The first-order valence-corrected chi connectivity index (χ1v) is 3.72. The summed E-state index contributed by atoms with van der Waals surface area (Å²) in [4.78, 5) is 2.22. The van der Waals surface area contributed by atoms with Gasteiger partial charge in [0.25, 0.3) is 0 Å². The summed E-state index contributed by atoms with van der Waals surface area (Å²) in [5.41, 5.74) is 3.27. The SMILES string of the molecule is CBN(NCC)C(C)C. The molecule has 0 saturated carbocycles. The number of hydrogen-bond donors (Lipinski definition) is 1. The first-order chi connectivity index (χ1) is 4.22. The van der Waals surface area contributed by atoms with Crippen LogP contribution in [0.2, 0.25) is 6.82 Å². The van der Waals surface area contributed by atoms with Crippen molar-refractivity contribution >= 4 is 7.41 Å². The third-order valence-electron chi connectivity index (χ3n) is 1.33. The van der Waals surface area contributed by atoms with E-state index in [9.17, 15) is 0 Å². The molecule has 1 N–H and O–H groups in total. The molecule has 54 valence electrons. The van der Waals surface area contributed by atoms with Crippen molar-refractivity contribution in [1.29, 1.82) is 0 Å². The summed E-state index contributed by atoms with van der Waals surface area (Å²) in [6.07, 6.45) is 0. The molecular weight excluding hydrogens is 111 g/mol. The Morgan fingerprint density at radius 1 is 1.56 bits per heavy atom. The first kappa shape index (κ1) is 8.98. The highest BCUT2D eigenvalue weighted by Gasteiger charge is 2.03. The lowest BCUT2D eigenvalue weighted by Gasteiger charge is -2.24. The van der Waals surface area contributed by atoms with Gasteiger partial charge in [0.1, 0.15) is 0 Å². The highest BCUT2D eigenvalue weighted by Crippen LogP contribution is 1.88. The maximum atomic E-state index is 3.27. The second-order valence-corrected chi connectivity index (χ2v) is 2.39. The fourth-order valence-electron chi connectivity index (χ4n) is 0.863. The molecule has 0 aliphatic rings. The standard InChI is InChI=1S/C6H17BN2/c1-5-8-9(7-4)6(2)3/h6-8H,5H2,1-4H3. The second-order valence-electron chi connectivity index (χ2n) is 2.39. The van der Waals surface area contributed by atoms with Crippen LogP contribution in [0.4, 0.5) is 0 Å². The van der Waals surface area contributed by atoms with Crippen molar-refractivity contribution in [2.75, 3.05) is 6.54 Å². The molecule has 0 saturated heterocycles. The minimum Gasteiger partial charge on any atom is -0.286 e. The fourth-order valence-corrected chi connectivity index (χ4v) is 0.863. The van der Waals surface area contributed by atoms with E-state index in [0.29, 0.717) is 6.04 Å². The van der Waals surface area contributed by atoms with Crippen LogP contribution < -0.4 is 5.43 Å². The van der Waals surface area contributed by atoms with Crippen molar-refractivity contribution in [3.63, 3.8) is 0 Å². The molecule has 0 radical (unpaired) electrons. The van der Waals surface area contributed by atoms with Gasteiger partial charge in [0.05, 0.1) is 0 Å². The molecule has 3 heteroatoms. The van der Waals surface area contributed by atoms with E-state index in [2.05, 4.69) is 37.9 Å². The summed E-state index contributed by atoms with van der Waals surface area (Å²) >= 11 is 0. The van der Waals surface area contributed by atoms with Crippen LogP contribution in [0.5, 0.6) is 0 Å². The average Bonchev–Trinajstić information content (AvgIpc) is 1.82. The van der Waals surface area contributed by atoms with Gasteiger partial charge in [0.2, 0.25) is 7.41 Å². The minimum absolute atomic E-state index is 0.606. The van der Waals surface area contributed by atoms with Crippen molar-refractivity contribution in [1.82, 2.24) is 10.3 Å². The van der Waals surface area contributed by atoms with E-state index in [1.54, 1.807) is 0 Å². The van der Waals surface area contributed by atoms with Crippen LogP contribution in [0.25, 0.3) is 0 Å². The molecule has 0 rings (SSSR count). The van der Waals surface area contributed by atoms with Crippen LogP contribution in [0.15, 0.2) is 0 Å². The van der Waals surface area contributed by atoms with Gasteiger partial charge in [-0.15, -0.1) is 0 Å². The molecule has 0 spiro atoms. The van der Waals surface area contributed by atoms with Crippen molar-refractivity contribution in [3.05, 3.63) is 0 Å². The largest absolute Gasteiger partial charge is 0.286 e. The minimum atomic E-state index is 0.606. The van der Waals surface area contributed by atoms with Gasteiger partial charge in [0.15, 0.2) is 0 Å². The van der Waals surface area contributed by atoms with E-state index < -0.39 is 0 Å². The third kappa shape index (κ3) is 3.54. The molecule has 2 nitrogen and oxygen atoms in total. The first-order valence-electron chi connectivity index (χ1n) is 3.72. The smallest absolute Gasteiger partial charge is 0.220 e. The number of nitrogens with one attached hydrogen (secondary N) is 1. The third-order valence-corrected chi connectivity index (χ3v) is 1.33. The van der Waals surface area contributed by atoms with Crippen LogP contribution in [-0.4, -0.2) is 24.9 Å². The van der Waals surface area contributed by atoms with Crippen LogP contribution >= 0.6 is 0 Å². The molecule has 0 aromatic heterocycles. The molecule has 0 aromatic carbocycles. The van der Waals surface area contributed by atoms with Crippen LogP contribution in [0, 0.1) is 0 Å². The van der Waals surface area contributed by atoms with E-state index in [4.69, 9.17) is 0 Å². The Morgan fingerprint density at radius 3 is 2.22 bits per heavy atom. The molecule has 0 aliphatic carbocycles. The van der Waals surface area contributed by atoms with Gasteiger partial charge in [-0.05, 0) is 13.8 Å². The summed E-state index contributed by atoms with van der Waals surface area (Å²) in [7, 11) is 1.07. The Balaban J connectivity index is 3.41. The summed E-state index contributed by atoms with van der Waals surface area (Å²) in [6.45, 7) is 9.66. The summed E-state index contributed by atoms with van der Waals surface area (Å²) < 4.78 is 0. The molecule has 0 aromatic rings. The van der Waals surface area contributed by atoms with Gasteiger partial charge in [-0.2, -0.15) is 0 Å². The zero-order chi connectivity index (χ0) is 7.28. The van der Waals surface area contributed by atoms with Gasteiger partial charge in [-0.3, -0.25) is 10.3 Å². The normalized spacial score (nSPS) is 10.9. The number of hydrogen-bond acceptors (Lipinski definition) is 2. The fraction of sp³-hybridized carbons (Fsp3) is 1.00. The predicted molar refractivity (Wildman–Crippen MR) is 43.7 cm³/mol. The molecule has 9 heavy (non-hydrogen) atoms. The van der Waals surface area contributed by atoms with Gasteiger partial charge >= 0.3 is 0 Å². The van der Waals surface area contributed by atoms with Crippen molar-refractivity contribution in [2.24, 2.45) is 0 Å². The van der Waals surface area contributed by atoms with Crippen LogP contribution in [-0.2, 0) is 0 Å². The highest BCUT2D eigenvalue weighted by atomic mass is 15.5. The van der Waals surface area contributed by atoms with E-state index >= 15 is 0 Å². The highest BCUT2D eigenvalue weighted by molar-refractivity contribution is 6.29. The van der Waals surface area contributed by atoms with Gasteiger partial charge in [0, 0.05) is 12.6 Å². The van der Waals surface area contributed by atoms with E-state index in [0.717, 1.165) is 14.0 Å². The lowest BCUT2D eigenvalue weighted by atomic mass is 9.97. The zero-order valence-electron chi connectivity index (χ0n) is 6.94. The van der Waals surface area contributed by atoms with E-state index in [1.165, 1.54) is 0 Å². The van der Waals surface area contributed by atoms with Crippen molar-refractivity contribution in [2.45, 2.75) is 33.6 Å². The number of hydrazine groups is 1. The lowest BCUT2D eigenvalue weighted by Crippen LogP contribution is -2.44. The quantitative estimate of drug-likeness (QED) is 0.441. The summed E-state index contributed by atoms with van der Waals surface area (Å²) in [5, 5.41) is 0. The Hall–Kier alpha value is -0.0151. The topological polar surface area (TPSA) is 15.3 Å². The van der Waals surface area contributed by atoms with Crippen LogP contribution in [0.3, 0.4) is 0 Å². The van der Waals surface area contributed by atoms with Gasteiger partial charge in [-0.1, -0.05) is 13.7 Å². The summed E-state index contributed by atoms with van der Waals surface area (Å²) in [5.74, 6) is 0. The predicted octanol–water partition coefficient (Wildman–Crippen LogP) is 0.621. The molecule has 0 fully saturated rings. The van der Waals surface area contributed by atoms with Crippen LogP contribution in [0.1, 0.15) is 20.8 Å². The zero-order valence-corrected chi connectivity index (χ0v) is 6.94. The number of nitrogens with zero attached hydrogens (tertiary/aromatic N) is 1. The van der Waals surface area contributed by atoms with E-state index in [1.807, 2.05) is 0 Å². The van der Waals surface area contributed by atoms with E-state index in [-0.39, 0.29) is 0 Å². The molecule has 0 bridgehead atoms. The maximum absolute atomic E-state index is 3.27. The Kier molecular flexibility index (Phi) is 4.82. The Labute approximate surface area is 58.9 Å². The monoisotopic (exact) mass is 128 g/mol. The molecule has 0 amide bonds. The second kappa shape index (κ2) is 4.83. The molecule has 0 atom stereocenters. The van der Waals surface area contributed by atoms with Crippen molar-refractivity contribution < 1.29 is 0 Å².